The fourth-order valence-corrected chi connectivity index (χ4v) is 3.69. The Morgan fingerprint density at radius 2 is 1.61 bits per heavy atom. The van der Waals surface area contributed by atoms with Crippen LogP contribution < -0.4 is 27.0 Å². The fourth-order valence-electron chi connectivity index (χ4n) is 3.69. The molecule has 3 aromatic rings. The van der Waals surface area contributed by atoms with Gasteiger partial charge in [0.15, 0.2) is 17.0 Å². The summed E-state index contributed by atoms with van der Waals surface area (Å²) >= 11 is 0. The van der Waals surface area contributed by atoms with Crippen LogP contribution in [0, 0.1) is 0 Å². The second-order valence-corrected chi connectivity index (χ2v) is 8.86. The van der Waals surface area contributed by atoms with Crippen LogP contribution in [0.25, 0.3) is 11.2 Å². The summed E-state index contributed by atoms with van der Waals surface area (Å²) in [5.41, 5.74) is 13.4. The van der Waals surface area contributed by atoms with Crippen molar-refractivity contribution in [1.29, 1.82) is 0 Å². The number of nitrogen functional groups attached to an aromatic ring is 2. The van der Waals surface area contributed by atoms with Crippen LogP contribution in [0.1, 0.15) is 35.3 Å². The number of benzene rings is 1. The van der Waals surface area contributed by atoms with Gasteiger partial charge in [0.05, 0.1) is 24.9 Å². The smallest absolute Gasteiger partial charge is 0.326 e. The molecule has 2 aromatic heterocycles. The van der Waals surface area contributed by atoms with Crippen molar-refractivity contribution in [3.63, 3.8) is 0 Å². The van der Waals surface area contributed by atoms with Gasteiger partial charge in [0.25, 0.3) is 5.91 Å². The third-order valence-corrected chi connectivity index (χ3v) is 5.73. The summed E-state index contributed by atoms with van der Waals surface area (Å²) in [6.07, 6.45) is -0.264. The number of nitrogens with two attached hydrogens (primary N) is 2. The van der Waals surface area contributed by atoms with E-state index in [0.29, 0.717) is 23.4 Å². The van der Waals surface area contributed by atoms with Crippen molar-refractivity contribution >= 4 is 58.3 Å². The van der Waals surface area contributed by atoms with Crippen molar-refractivity contribution in [1.82, 2.24) is 30.6 Å². The van der Waals surface area contributed by atoms with E-state index in [9.17, 15) is 29.1 Å². The van der Waals surface area contributed by atoms with Crippen LogP contribution in [0.3, 0.4) is 0 Å². The zero-order chi connectivity index (χ0) is 30.3. The van der Waals surface area contributed by atoms with Crippen molar-refractivity contribution in [2.75, 3.05) is 23.4 Å². The molecule has 0 aliphatic rings. The maximum absolute atomic E-state index is 12.8. The van der Waals surface area contributed by atoms with E-state index in [1.54, 1.807) is 19.2 Å². The van der Waals surface area contributed by atoms with E-state index in [0.717, 1.165) is 0 Å². The average Bonchev–Trinajstić information content (AvgIpc) is 2.90. The SMILES string of the molecule is CN(Cc1cnc2nc(N)nc(N)c2n1)c1ccc(C(=O)N[C@@H](CCC(=O)O)C(=O)N[C@@H](CC(=O)O)C(=O)O)cc1. The molecule has 1 aromatic carbocycles. The standard InChI is InChI=1S/C24H27N9O8/c1-33(10-12-9-27-20-18(28-12)19(25)31-24(26)32-20)13-4-2-11(3-5-13)21(38)29-14(6-7-16(34)35)22(39)30-15(23(40)41)8-17(36)37/h2-5,9,14-15H,6-8,10H2,1H3,(H,29,38)(H,30,39)(H,34,35)(H,36,37)(H,40,41)(H4,25,26,27,31,32)/t14-,15-/m0/s1. The van der Waals surface area contributed by atoms with Gasteiger partial charge in [-0.2, -0.15) is 9.97 Å². The van der Waals surface area contributed by atoms with Crippen LogP contribution in [-0.2, 0) is 25.7 Å². The molecule has 0 unspecified atom stereocenters. The monoisotopic (exact) mass is 569 g/mol. The second-order valence-electron chi connectivity index (χ2n) is 8.86. The predicted molar refractivity (Wildman–Crippen MR) is 142 cm³/mol. The van der Waals surface area contributed by atoms with Crippen LogP contribution in [0.2, 0.25) is 0 Å². The molecule has 0 fully saturated rings. The van der Waals surface area contributed by atoms with E-state index in [2.05, 4.69) is 25.3 Å². The molecule has 0 saturated carbocycles. The van der Waals surface area contributed by atoms with Gasteiger partial charge in [-0.1, -0.05) is 0 Å². The zero-order valence-corrected chi connectivity index (χ0v) is 21.6. The summed E-state index contributed by atoms with van der Waals surface area (Å²) in [4.78, 5) is 77.0. The van der Waals surface area contributed by atoms with E-state index in [-0.39, 0.29) is 29.4 Å². The van der Waals surface area contributed by atoms with Crippen LogP contribution in [-0.4, -0.2) is 84.1 Å². The van der Waals surface area contributed by atoms with Crippen molar-refractivity contribution in [3.8, 4) is 0 Å². The molecule has 2 heterocycles. The molecule has 216 valence electrons. The molecule has 0 aliphatic carbocycles. The lowest BCUT2D eigenvalue weighted by molar-refractivity contribution is -0.147. The number of carbonyl (C=O) groups is 5. The molecule has 2 amide bonds. The molecule has 17 heteroatoms. The third kappa shape index (κ3) is 8.19. The van der Waals surface area contributed by atoms with Gasteiger partial charge in [-0.3, -0.25) is 19.2 Å². The highest BCUT2D eigenvalue weighted by atomic mass is 16.4. The first kappa shape index (κ1) is 29.9. The predicted octanol–water partition coefficient (Wildman–Crippen LogP) is -0.772. The highest BCUT2D eigenvalue weighted by Gasteiger charge is 2.29. The number of hydrogen-bond acceptors (Lipinski definition) is 12. The Hall–Kier alpha value is -5.61. The summed E-state index contributed by atoms with van der Waals surface area (Å²) in [5.74, 6) is -6.00. The lowest BCUT2D eigenvalue weighted by Crippen LogP contribution is -2.52. The number of nitrogens with zero attached hydrogens (tertiary/aromatic N) is 5. The molecule has 0 saturated heterocycles. The zero-order valence-electron chi connectivity index (χ0n) is 21.6. The Morgan fingerprint density at radius 1 is 0.927 bits per heavy atom. The Kier molecular flexibility index (Phi) is 9.46. The van der Waals surface area contributed by atoms with Crippen molar-refractivity contribution in [2.24, 2.45) is 0 Å². The summed E-state index contributed by atoms with van der Waals surface area (Å²) < 4.78 is 0. The van der Waals surface area contributed by atoms with Gasteiger partial charge < -0.3 is 42.3 Å². The molecule has 41 heavy (non-hydrogen) atoms. The van der Waals surface area contributed by atoms with Gasteiger partial charge in [-0.05, 0) is 30.7 Å². The number of carboxylic acids is 3. The van der Waals surface area contributed by atoms with Gasteiger partial charge in [-0.15, -0.1) is 0 Å². The molecular formula is C24H27N9O8. The topological polar surface area (TPSA) is 277 Å². The number of fused-ring (bicyclic) bond motifs is 1. The van der Waals surface area contributed by atoms with Crippen LogP contribution in [0.5, 0.6) is 0 Å². The number of amides is 2. The third-order valence-electron chi connectivity index (χ3n) is 5.73. The quantitative estimate of drug-likeness (QED) is 0.133. The maximum Gasteiger partial charge on any atom is 0.326 e. The van der Waals surface area contributed by atoms with E-state index in [1.165, 1.54) is 18.3 Å². The van der Waals surface area contributed by atoms with E-state index >= 15 is 0 Å². The van der Waals surface area contributed by atoms with Crippen LogP contribution in [0.4, 0.5) is 17.5 Å². The Balaban J connectivity index is 1.69. The van der Waals surface area contributed by atoms with Crippen molar-refractivity contribution in [3.05, 3.63) is 41.7 Å². The Labute approximate surface area is 231 Å². The number of anilines is 3. The Bertz CT molecular complexity index is 1480. The first-order valence-corrected chi connectivity index (χ1v) is 12.0. The van der Waals surface area contributed by atoms with Crippen molar-refractivity contribution < 1.29 is 39.3 Å². The van der Waals surface area contributed by atoms with E-state index in [4.69, 9.17) is 21.7 Å². The summed E-state index contributed by atoms with van der Waals surface area (Å²) in [7, 11) is 1.77. The molecule has 2 atom stereocenters. The van der Waals surface area contributed by atoms with Gasteiger partial charge in [0, 0.05) is 24.7 Å². The highest BCUT2D eigenvalue weighted by Crippen LogP contribution is 2.19. The number of carbonyl (C=O) groups excluding carboxylic acids is 2. The molecule has 9 N–H and O–H groups in total. The van der Waals surface area contributed by atoms with E-state index in [1.807, 2.05) is 10.2 Å². The molecule has 17 nitrogen and oxygen atoms in total. The number of aliphatic carboxylic acids is 3. The number of hydrogen-bond donors (Lipinski definition) is 7. The van der Waals surface area contributed by atoms with Gasteiger partial charge in [0.2, 0.25) is 11.9 Å². The van der Waals surface area contributed by atoms with E-state index < -0.39 is 54.6 Å². The molecule has 0 spiro atoms. The first-order chi connectivity index (χ1) is 19.3. The molecule has 0 radical (unpaired) electrons. The fraction of sp³-hybridized carbons (Fsp3) is 0.292. The van der Waals surface area contributed by atoms with Gasteiger partial charge in [0.1, 0.15) is 12.1 Å². The number of aromatic nitrogens is 4. The number of nitrogens with one attached hydrogen (secondary N) is 2. The minimum absolute atomic E-state index is 0.0187. The molecule has 0 bridgehead atoms. The van der Waals surface area contributed by atoms with Gasteiger partial charge >= 0.3 is 17.9 Å². The van der Waals surface area contributed by atoms with Gasteiger partial charge in [-0.25, -0.2) is 14.8 Å². The van der Waals surface area contributed by atoms with Crippen LogP contribution >= 0.6 is 0 Å². The normalized spacial score (nSPS) is 12.2. The molecular weight excluding hydrogens is 542 g/mol. The lowest BCUT2D eigenvalue weighted by atomic mass is 10.1. The largest absolute Gasteiger partial charge is 0.481 e. The van der Waals surface area contributed by atoms with Crippen molar-refractivity contribution in [2.45, 2.75) is 37.9 Å². The molecule has 3 rings (SSSR count). The summed E-state index contributed by atoms with van der Waals surface area (Å²) in [6, 6.07) is 2.99. The second kappa shape index (κ2) is 13.0. The highest BCUT2D eigenvalue weighted by molar-refractivity contribution is 5.98. The van der Waals surface area contributed by atoms with Crippen LogP contribution in [0.15, 0.2) is 30.5 Å². The average molecular weight is 570 g/mol. The summed E-state index contributed by atoms with van der Waals surface area (Å²) in [5, 5.41) is 31.5. The minimum atomic E-state index is -1.77. The Morgan fingerprint density at radius 3 is 2.22 bits per heavy atom. The minimum Gasteiger partial charge on any atom is -0.481 e. The first-order valence-electron chi connectivity index (χ1n) is 12.0. The molecule has 0 aliphatic heterocycles. The lowest BCUT2D eigenvalue weighted by Gasteiger charge is -2.21. The number of carboxylic acid groups (broad SMARTS) is 3. The number of rotatable bonds is 13. The summed E-state index contributed by atoms with van der Waals surface area (Å²) in [6.45, 7) is 0.302. The maximum atomic E-state index is 12.8.